The summed E-state index contributed by atoms with van der Waals surface area (Å²) in [4.78, 5) is 26.3. The largest absolute Gasteiger partial charge is 0.497 e. The fourth-order valence-electron chi connectivity index (χ4n) is 4.01. The summed E-state index contributed by atoms with van der Waals surface area (Å²) in [6.07, 6.45) is 4.17. The zero-order chi connectivity index (χ0) is 22.8. The molecular formula is C25H33N3O4. The maximum atomic E-state index is 12.2. The minimum Gasteiger partial charge on any atom is -0.497 e. The van der Waals surface area contributed by atoms with E-state index >= 15 is 0 Å². The van der Waals surface area contributed by atoms with Crippen LogP contribution in [0.1, 0.15) is 30.4 Å². The second-order valence-corrected chi connectivity index (χ2v) is 8.20. The van der Waals surface area contributed by atoms with Crippen molar-refractivity contribution in [3.05, 3.63) is 59.7 Å². The fraction of sp³-hybridized carbons (Fsp3) is 0.440. The van der Waals surface area contributed by atoms with E-state index in [-0.39, 0.29) is 12.5 Å². The number of carbonyl (C=O) groups excluding carboxylic acids is 2. The molecule has 0 radical (unpaired) electrons. The Morgan fingerprint density at radius 1 is 0.969 bits per heavy atom. The first-order valence-corrected chi connectivity index (χ1v) is 11.1. The molecule has 1 fully saturated rings. The van der Waals surface area contributed by atoms with Gasteiger partial charge in [-0.1, -0.05) is 30.3 Å². The summed E-state index contributed by atoms with van der Waals surface area (Å²) in [6.45, 7) is 2.37. The number of methoxy groups -OCH3 is 2. The molecule has 2 N–H and O–H groups in total. The van der Waals surface area contributed by atoms with E-state index in [2.05, 4.69) is 27.7 Å². The number of amides is 3. The van der Waals surface area contributed by atoms with Crippen molar-refractivity contribution in [2.75, 3.05) is 33.9 Å². The van der Waals surface area contributed by atoms with E-state index in [1.54, 1.807) is 14.2 Å². The molecule has 3 amide bonds. The highest BCUT2D eigenvalue weighted by Gasteiger charge is 2.21. The third-order valence-electron chi connectivity index (χ3n) is 5.88. The van der Waals surface area contributed by atoms with E-state index in [0.717, 1.165) is 55.8 Å². The van der Waals surface area contributed by atoms with Crippen molar-refractivity contribution in [3.8, 4) is 11.5 Å². The summed E-state index contributed by atoms with van der Waals surface area (Å²) in [5.41, 5.74) is 2.20. The maximum Gasteiger partial charge on any atom is 0.321 e. The minimum absolute atomic E-state index is 0.249. The predicted octanol–water partition coefficient (Wildman–Crippen LogP) is 3.37. The molecule has 2 aromatic carbocycles. The van der Waals surface area contributed by atoms with Gasteiger partial charge in [0.2, 0.25) is 5.91 Å². The van der Waals surface area contributed by atoms with Gasteiger partial charge in [0, 0.05) is 12.6 Å². The van der Waals surface area contributed by atoms with Crippen LogP contribution >= 0.6 is 0 Å². The number of aryl methyl sites for hydroxylation is 1. The number of rotatable bonds is 9. The summed E-state index contributed by atoms with van der Waals surface area (Å²) < 4.78 is 10.7. The number of hydrogen-bond acceptors (Lipinski definition) is 5. The topological polar surface area (TPSA) is 79.9 Å². The number of benzene rings is 2. The molecule has 0 atom stereocenters. The number of ether oxygens (including phenoxy) is 2. The maximum absolute atomic E-state index is 12.2. The van der Waals surface area contributed by atoms with Crippen LogP contribution in [0.4, 0.5) is 4.79 Å². The molecule has 0 bridgehead atoms. The van der Waals surface area contributed by atoms with E-state index < -0.39 is 6.03 Å². The zero-order valence-electron chi connectivity index (χ0n) is 18.9. The molecule has 0 saturated carbocycles. The molecule has 32 heavy (non-hydrogen) atoms. The molecule has 0 aromatic heterocycles. The molecule has 1 heterocycles. The molecule has 3 rings (SSSR count). The summed E-state index contributed by atoms with van der Waals surface area (Å²) in [5, 5.41) is 5.14. The minimum atomic E-state index is -0.456. The highest BCUT2D eigenvalue weighted by atomic mass is 16.5. The van der Waals surface area contributed by atoms with Crippen LogP contribution < -0.4 is 20.1 Å². The van der Waals surface area contributed by atoms with Crippen LogP contribution in [0.2, 0.25) is 0 Å². The average molecular weight is 440 g/mol. The summed E-state index contributed by atoms with van der Waals surface area (Å²) in [5.74, 6) is 1.99. The SMILES string of the molecule is COc1cc(CCC2CCN(CC(=O)NC(=O)NCc3ccccc3)CC2)cc(OC)c1. The number of likely N-dealkylation sites (tertiary alicyclic amines) is 1. The number of nitrogens with one attached hydrogen (secondary N) is 2. The first-order valence-electron chi connectivity index (χ1n) is 11.1. The Morgan fingerprint density at radius 3 is 2.25 bits per heavy atom. The van der Waals surface area contributed by atoms with Gasteiger partial charge in [-0.2, -0.15) is 0 Å². The van der Waals surface area contributed by atoms with Crippen molar-refractivity contribution >= 4 is 11.9 Å². The Bertz CT molecular complexity index is 858. The number of nitrogens with zero attached hydrogens (tertiary/aromatic N) is 1. The smallest absolute Gasteiger partial charge is 0.321 e. The van der Waals surface area contributed by atoms with Gasteiger partial charge in [-0.3, -0.25) is 15.0 Å². The summed E-state index contributed by atoms with van der Waals surface area (Å²) in [7, 11) is 3.33. The average Bonchev–Trinajstić information content (AvgIpc) is 2.82. The molecule has 1 saturated heterocycles. The number of carbonyl (C=O) groups is 2. The number of imide groups is 1. The second kappa shape index (κ2) is 12.1. The molecular weight excluding hydrogens is 406 g/mol. The third kappa shape index (κ3) is 7.57. The first kappa shape index (κ1) is 23.6. The van der Waals surface area contributed by atoms with Crippen molar-refractivity contribution in [1.29, 1.82) is 0 Å². The molecule has 172 valence electrons. The predicted molar refractivity (Wildman–Crippen MR) is 124 cm³/mol. The van der Waals surface area contributed by atoms with Gasteiger partial charge in [0.15, 0.2) is 0 Å². The van der Waals surface area contributed by atoms with Crippen LogP contribution in [0.3, 0.4) is 0 Å². The zero-order valence-corrected chi connectivity index (χ0v) is 18.9. The quantitative estimate of drug-likeness (QED) is 0.626. The van der Waals surface area contributed by atoms with Crippen LogP contribution in [0.25, 0.3) is 0 Å². The lowest BCUT2D eigenvalue weighted by Gasteiger charge is -2.31. The van der Waals surface area contributed by atoms with Crippen LogP contribution in [0, 0.1) is 5.92 Å². The van der Waals surface area contributed by atoms with E-state index in [4.69, 9.17) is 9.47 Å². The highest BCUT2D eigenvalue weighted by Crippen LogP contribution is 2.26. The van der Waals surface area contributed by atoms with Crippen molar-refractivity contribution in [1.82, 2.24) is 15.5 Å². The van der Waals surface area contributed by atoms with Gasteiger partial charge in [-0.25, -0.2) is 4.79 Å². The molecule has 0 unspecified atom stereocenters. The lowest BCUT2D eigenvalue weighted by atomic mass is 9.90. The Balaban J connectivity index is 1.34. The van der Waals surface area contributed by atoms with Crippen LogP contribution in [0.15, 0.2) is 48.5 Å². The molecule has 1 aliphatic heterocycles. The Labute approximate surface area is 190 Å². The molecule has 7 nitrogen and oxygen atoms in total. The highest BCUT2D eigenvalue weighted by molar-refractivity contribution is 5.95. The van der Waals surface area contributed by atoms with Crippen molar-refractivity contribution in [2.24, 2.45) is 5.92 Å². The third-order valence-corrected chi connectivity index (χ3v) is 5.88. The standard InChI is InChI=1S/C25H33N3O4/c1-31-22-14-21(15-23(16-22)32-2)9-8-19-10-12-28(13-11-19)18-24(29)27-25(30)26-17-20-6-4-3-5-7-20/h3-7,14-16,19H,8-13,17-18H2,1-2H3,(H2,26,27,29,30). The summed E-state index contributed by atoms with van der Waals surface area (Å²) in [6, 6.07) is 15.2. The van der Waals surface area contributed by atoms with Gasteiger partial charge in [-0.05, 0) is 68.0 Å². The van der Waals surface area contributed by atoms with Gasteiger partial charge < -0.3 is 14.8 Å². The lowest BCUT2D eigenvalue weighted by Crippen LogP contribution is -2.46. The van der Waals surface area contributed by atoms with Crippen LogP contribution in [-0.4, -0.2) is 50.7 Å². The number of piperidine rings is 1. The Hall–Kier alpha value is -3.06. The van der Waals surface area contributed by atoms with Crippen molar-refractivity contribution in [3.63, 3.8) is 0 Å². The summed E-state index contributed by atoms with van der Waals surface area (Å²) >= 11 is 0. The van der Waals surface area contributed by atoms with Crippen LogP contribution in [-0.2, 0) is 17.8 Å². The first-order chi connectivity index (χ1) is 15.6. The monoisotopic (exact) mass is 439 g/mol. The van der Waals surface area contributed by atoms with Gasteiger partial charge in [0.05, 0.1) is 20.8 Å². The molecule has 0 spiro atoms. The fourth-order valence-corrected chi connectivity index (χ4v) is 4.01. The lowest BCUT2D eigenvalue weighted by molar-refractivity contribution is -0.121. The van der Waals surface area contributed by atoms with Crippen molar-refractivity contribution in [2.45, 2.75) is 32.2 Å². The molecule has 1 aliphatic rings. The van der Waals surface area contributed by atoms with Gasteiger partial charge in [0.25, 0.3) is 0 Å². The van der Waals surface area contributed by atoms with Crippen LogP contribution in [0.5, 0.6) is 11.5 Å². The van der Waals surface area contributed by atoms with Gasteiger partial charge in [0.1, 0.15) is 11.5 Å². The second-order valence-electron chi connectivity index (χ2n) is 8.20. The van der Waals surface area contributed by atoms with Gasteiger partial charge >= 0.3 is 6.03 Å². The number of hydrogen-bond donors (Lipinski definition) is 2. The van der Waals surface area contributed by atoms with E-state index in [1.807, 2.05) is 36.4 Å². The van der Waals surface area contributed by atoms with Crippen molar-refractivity contribution < 1.29 is 19.1 Å². The molecule has 2 aromatic rings. The Kier molecular flexibility index (Phi) is 8.92. The normalized spacial score (nSPS) is 14.6. The Morgan fingerprint density at radius 2 is 1.62 bits per heavy atom. The van der Waals surface area contributed by atoms with E-state index in [9.17, 15) is 9.59 Å². The number of urea groups is 1. The molecule has 0 aliphatic carbocycles. The van der Waals surface area contributed by atoms with Gasteiger partial charge in [-0.15, -0.1) is 0 Å². The van der Waals surface area contributed by atoms with E-state index in [1.165, 1.54) is 5.56 Å². The molecule has 7 heteroatoms. The van der Waals surface area contributed by atoms with E-state index in [0.29, 0.717) is 12.5 Å².